The number of benzene rings is 1. The van der Waals surface area contributed by atoms with E-state index >= 15 is 0 Å². The van der Waals surface area contributed by atoms with E-state index in [0.29, 0.717) is 24.5 Å². The van der Waals surface area contributed by atoms with E-state index in [4.69, 9.17) is 24.9 Å². The summed E-state index contributed by atoms with van der Waals surface area (Å²) in [7, 11) is 0. The number of anilines is 1. The Bertz CT molecular complexity index is 1130. The van der Waals surface area contributed by atoms with Gasteiger partial charge in [0.05, 0.1) is 12.7 Å². The number of ether oxygens (including phenoxy) is 3. The maximum absolute atomic E-state index is 6.09. The van der Waals surface area contributed by atoms with Crippen LogP contribution in [-0.2, 0) is 11.3 Å². The first-order valence-corrected chi connectivity index (χ1v) is 11.6. The van der Waals surface area contributed by atoms with Gasteiger partial charge in [-0.2, -0.15) is 0 Å². The fourth-order valence-corrected chi connectivity index (χ4v) is 5.08. The van der Waals surface area contributed by atoms with E-state index in [0.717, 1.165) is 44.6 Å². The molecule has 3 aromatic rings. The lowest BCUT2D eigenvalue weighted by Crippen LogP contribution is -2.53. The average molecular weight is 507 g/mol. The van der Waals surface area contributed by atoms with E-state index in [1.807, 2.05) is 12.1 Å². The molecule has 5 rings (SSSR count). The first-order valence-electron chi connectivity index (χ1n) is 10.00. The fraction of sp³-hybridized carbons (Fsp3) is 0.450. The van der Waals surface area contributed by atoms with Crippen molar-refractivity contribution < 1.29 is 14.2 Å². The Labute approximate surface area is 192 Å². The van der Waals surface area contributed by atoms with Gasteiger partial charge in [0.15, 0.2) is 33.6 Å². The van der Waals surface area contributed by atoms with Crippen LogP contribution in [0.3, 0.4) is 0 Å². The number of imidazole rings is 1. The molecule has 164 valence electrons. The first kappa shape index (κ1) is 20.8. The van der Waals surface area contributed by atoms with Crippen LogP contribution in [-0.4, -0.2) is 51.1 Å². The number of nitrogens with two attached hydrogens (primary N) is 1. The summed E-state index contributed by atoms with van der Waals surface area (Å²) in [5, 5.41) is 4.32. The second-order valence-corrected chi connectivity index (χ2v) is 10.1. The molecule has 0 saturated carbocycles. The number of halogens is 1. The standard InChI is InChI=1S/C20H23BrN6O3S/c1-20(2)8-28-11(7-25-20)3-4-27-18-16(17(22)23-9-24-18)26-19(27)31-15-6-14-13(5-12(15)21)29-10-30-14/h5-6,9,11,25H,3-4,7-8,10H2,1-2H3,(H2,22,23,24). The summed E-state index contributed by atoms with van der Waals surface area (Å²) in [6, 6.07) is 3.86. The van der Waals surface area contributed by atoms with Gasteiger partial charge >= 0.3 is 0 Å². The van der Waals surface area contributed by atoms with Crippen molar-refractivity contribution in [3.05, 3.63) is 22.9 Å². The molecule has 2 aliphatic rings. The molecule has 1 saturated heterocycles. The van der Waals surface area contributed by atoms with Crippen LogP contribution < -0.4 is 20.5 Å². The average Bonchev–Trinajstić information content (AvgIpc) is 3.32. The van der Waals surface area contributed by atoms with Gasteiger partial charge in [0, 0.05) is 28.0 Å². The quantitative estimate of drug-likeness (QED) is 0.538. The number of fused-ring (bicyclic) bond motifs is 2. The van der Waals surface area contributed by atoms with Crippen molar-refractivity contribution in [3.8, 4) is 11.5 Å². The molecule has 1 fully saturated rings. The zero-order valence-electron chi connectivity index (χ0n) is 17.2. The Morgan fingerprint density at radius 1 is 1.29 bits per heavy atom. The normalized spacial score (nSPS) is 19.8. The van der Waals surface area contributed by atoms with Crippen LogP contribution in [0.4, 0.5) is 5.82 Å². The molecule has 1 aromatic carbocycles. The molecule has 2 aliphatic heterocycles. The Morgan fingerprint density at radius 3 is 2.87 bits per heavy atom. The molecule has 1 atom stereocenters. The predicted octanol–water partition coefficient (Wildman–Crippen LogP) is 3.21. The molecule has 3 N–H and O–H groups in total. The van der Waals surface area contributed by atoms with Crippen LogP contribution in [0.2, 0.25) is 0 Å². The van der Waals surface area contributed by atoms with Crippen LogP contribution in [0.1, 0.15) is 20.3 Å². The van der Waals surface area contributed by atoms with Crippen molar-refractivity contribution in [2.45, 2.75) is 48.5 Å². The zero-order chi connectivity index (χ0) is 21.6. The first-order chi connectivity index (χ1) is 14.9. The van der Waals surface area contributed by atoms with Crippen molar-refractivity contribution >= 4 is 44.7 Å². The lowest BCUT2D eigenvalue weighted by Gasteiger charge is -2.36. The molecule has 9 nitrogen and oxygen atoms in total. The summed E-state index contributed by atoms with van der Waals surface area (Å²) >= 11 is 5.15. The monoisotopic (exact) mass is 506 g/mol. The minimum atomic E-state index is 0.00647. The van der Waals surface area contributed by atoms with E-state index < -0.39 is 0 Å². The molecule has 4 heterocycles. The Kier molecular flexibility index (Phi) is 5.45. The SMILES string of the molecule is CC1(C)COC(CCn2c(Sc3cc4c(cc3Br)OCO4)nc3c(N)ncnc32)CN1. The molecule has 0 bridgehead atoms. The van der Waals surface area contributed by atoms with Crippen molar-refractivity contribution in [3.63, 3.8) is 0 Å². The Morgan fingerprint density at radius 2 is 2.10 bits per heavy atom. The summed E-state index contributed by atoms with van der Waals surface area (Å²) in [6.07, 6.45) is 2.43. The Hall–Kier alpha value is -2.08. The summed E-state index contributed by atoms with van der Waals surface area (Å²) in [6.45, 7) is 6.71. The molecule has 1 unspecified atom stereocenters. The van der Waals surface area contributed by atoms with Gasteiger partial charge in [-0.25, -0.2) is 15.0 Å². The molecule has 31 heavy (non-hydrogen) atoms. The van der Waals surface area contributed by atoms with Crippen LogP contribution in [0, 0.1) is 0 Å². The number of aryl methyl sites for hydroxylation is 1. The van der Waals surface area contributed by atoms with Gasteiger partial charge < -0.3 is 29.8 Å². The molecule has 0 amide bonds. The van der Waals surface area contributed by atoms with Gasteiger partial charge in [0.25, 0.3) is 0 Å². The number of morpholine rings is 1. The van der Waals surface area contributed by atoms with Crippen LogP contribution in [0.25, 0.3) is 11.2 Å². The molecule has 0 radical (unpaired) electrons. The van der Waals surface area contributed by atoms with Gasteiger partial charge in [-0.05, 0) is 48.3 Å². The number of hydrogen-bond donors (Lipinski definition) is 2. The van der Waals surface area contributed by atoms with Gasteiger partial charge in [-0.15, -0.1) is 0 Å². The lowest BCUT2D eigenvalue weighted by molar-refractivity contribution is -0.0269. The highest BCUT2D eigenvalue weighted by Gasteiger charge is 2.27. The van der Waals surface area contributed by atoms with E-state index in [2.05, 4.69) is 49.6 Å². The minimum Gasteiger partial charge on any atom is -0.454 e. The van der Waals surface area contributed by atoms with E-state index in [9.17, 15) is 0 Å². The maximum atomic E-state index is 6.09. The second kappa shape index (κ2) is 8.12. The molecule has 11 heteroatoms. The van der Waals surface area contributed by atoms with Crippen LogP contribution in [0.15, 0.2) is 33.0 Å². The van der Waals surface area contributed by atoms with E-state index in [-0.39, 0.29) is 18.4 Å². The Balaban J connectivity index is 1.43. The summed E-state index contributed by atoms with van der Waals surface area (Å²) in [5.41, 5.74) is 7.42. The summed E-state index contributed by atoms with van der Waals surface area (Å²) in [5.74, 6) is 1.81. The smallest absolute Gasteiger partial charge is 0.231 e. The minimum absolute atomic E-state index is 0.00647. The highest BCUT2D eigenvalue weighted by atomic mass is 79.9. The molecular formula is C20H23BrN6O3S. The highest BCUT2D eigenvalue weighted by Crippen LogP contribution is 2.43. The zero-order valence-corrected chi connectivity index (χ0v) is 19.6. The van der Waals surface area contributed by atoms with Crippen molar-refractivity contribution in [1.29, 1.82) is 0 Å². The largest absolute Gasteiger partial charge is 0.454 e. The highest BCUT2D eigenvalue weighted by molar-refractivity contribution is 9.10. The number of rotatable bonds is 5. The molecule has 0 spiro atoms. The summed E-state index contributed by atoms with van der Waals surface area (Å²) < 4.78 is 20.0. The second-order valence-electron chi connectivity index (χ2n) is 8.20. The van der Waals surface area contributed by atoms with Crippen molar-refractivity contribution in [2.24, 2.45) is 0 Å². The van der Waals surface area contributed by atoms with E-state index in [1.54, 1.807) is 0 Å². The number of nitrogens with zero attached hydrogens (tertiary/aromatic N) is 4. The number of hydrogen-bond acceptors (Lipinski definition) is 9. The third kappa shape index (κ3) is 4.19. The van der Waals surface area contributed by atoms with Gasteiger partial charge in [0.1, 0.15) is 6.33 Å². The third-order valence-electron chi connectivity index (χ3n) is 5.32. The fourth-order valence-electron chi connectivity index (χ4n) is 3.57. The molecule has 2 aromatic heterocycles. The van der Waals surface area contributed by atoms with Gasteiger partial charge in [-0.3, -0.25) is 0 Å². The molecule has 0 aliphatic carbocycles. The van der Waals surface area contributed by atoms with E-state index in [1.165, 1.54) is 18.1 Å². The predicted molar refractivity (Wildman–Crippen MR) is 121 cm³/mol. The van der Waals surface area contributed by atoms with Crippen molar-refractivity contribution in [2.75, 3.05) is 25.7 Å². The van der Waals surface area contributed by atoms with Gasteiger partial charge in [0.2, 0.25) is 6.79 Å². The third-order valence-corrected chi connectivity index (χ3v) is 7.29. The lowest BCUT2D eigenvalue weighted by atomic mass is 10.0. The maximum Gasteiger partial charge on any atom is 0.231 e. The number of nitrogen functional groups attached to an aromatic ring is 1. The summed E-state index contributed by atoms with van der Waals surface area (Å²) in [4.78, 5) is 14.3. The topological polar surface area (TPSA) is 109 Å². The molecular weight excluding hydrogens is 484 g/mol. The van der Waals surface area contributed by atoms with Crippen LogP contribution >= 0.6 is 27.7 Å². The number of nitrogens with one attached hydrogen (secondary N) is 1. The van der Waals surface area contributed by atoms with Crippen molar-refractivity contribution in [1.82, 2.24) is 24.8 Å². The van der Waals surface area contributed by atoms with Gasteiger partial charge in [-0.1, -0.05) is 11.8 Å². The number of aromatic nitrogens is 4. The van der Waals surface area contributed by atoms with Crippen LogP contribution in [0.5, 0.6) is 11.5 Å².